The van der Waals surface area contributed by atoms with Gasteiger partial charge in [-0.1, -0.05) is 60.7 Å². The lowest BCUT2D eigenvalue weighted by atomic mass is 10.0. The molecule has 1 heterocycles. The number of esters is 1. The largest absolute Gasteiger partial charge is 0.462 e. The van der Waals surface area contributed by atoms with Crippen molar-refractivity contribution in [2.24, 2.45) is 0 Å². The van der Waals surface area contributed by atoms with Gasteiger partial charge in [-0.05, 0) is 57.0 Å². The number of thiocarbonyl (C=S) groups is 1. The van der Waals surface area contributed by atoms with Crippen molar-refractivity contribution in [3.05, 3.63) is 76.7 Å². The van der Waals surface area contributed by atoms with Gasteiger partial charge in [0.1, 0.15) is 10.6 Å². The summed E-state index contributed by atoms with van der Waals surface area (Å²) in [5, 5.41) is 7.81. The monoisotopic (exact) mass is 452 g/mol. The number of hydrogen-bond donors (Lipinski definition) is 2. The maximum atomic E-state index is 12.8. The zero-order valence-corrected chi connectivity index (χ0v) is 19.7. The highest BCUT2D eigenvalue weighted by Gasteiger charge is 2.25. The molecule has 3 rings (SSSR count). The molecule has 0 amide bonds. The van der Waals surface area contributed by atoms with Crippen LogP contribution >= 0.6 is 23.6 Å². The van der Waals surface area contributed by atoms with E-state index in [0.717, 1.165) is 28.8 Å². The van der Waals surface area contributed by atoms with E-state index >= 15 is 0 Å². The molecule has 2 aromatic carbocycles. The van der Waals surface area contributed by atoms with Crippen molar-refractivity contribution in [1.82, 2.24) is 5.32 Å². The standard InChI is InChI=1S/C25H28N2O2S2/c1-4-29-24(28)22-21(20-13-9-6-10-14-20)18(3)31-23(22)27-25(30)26-17(2)15-16-19-11-7-5-8-12-19/h5-14,17H,4,15-16H2,1-3H3,(H2,26,27,30). The third kappa shape index (κ3) is 6.15. The van der Waals surface area contributed by atoms with Crippen molar-refractivity contribution in [1.29, 1.82) is 0 Å². The quantitative estimate of drug-likeness (QED) is 0.314. The van der Waals surface area contributed by atoms with Gasteiger partial charge in [-0.25, -0.2) is 4.79 Å². The molecule has 0 radical (unpaired) electrons. The second-order valence-corrected chi connectivity index (χ2v) is 8.98. The molecule has 1 unspecified atom stereocenters. The number of ether oxygens (including phenoxy) is 1. The fraction of sp³-hybridized carbons (Fsp3) is 0.280. The molecule has 0 fully saturated rings. The summed E-state index contributed by atoms with van der Waals surface area (Å²) in [5.41, 5.74) is 3.73. The van der Waals surface area contributed by atoms with Gasteiger partial charge in [-0.2, -0.15) is 0 Å². The van der Waals surface area contributed by atoms with Crippen LogP contribution in [-0.4, -0.2) is 23.7 Å². The molecular formula is C25H28N2O2S2. The highest BCUT2D eigenvalue weighted by atomic mass is 32.1. The first-order chi connectivity index (χ1) is 15.0. The minimum atomic E-state index is -0.340. The second-order valence-electron chi connectivity index (χ2n) is 7.35. The van der Waals surface area contributed by atoms with Crippen LogP contribution in [0.1, 0.15) is 41.1 Å². The summed E-state index contributed by atoms with van der Waals surface area (Å²) in [6.45, 7) is 6.26. The second kappa shape index (κ2) is 11.1. The summed E-state index contributed by atoms with van der Waals surface area (Å²) in [4.78, 5) is 13.9. The van der Waals surface area contributed by atoms with E-state index in [9.17, 15) is 4.79 Å². The van der Waals surface area contributed by atoms with E-state index in [1.165, 1.54) is 16.9 Å². The summed E-state index contributed by atoms with van der Waals surface area (Å²) in [7, 11) is 0. The maximum Gasteiger partial charge on any atom is 0.341 e. The maximum absolute atomic E-state index is 12.8. The predicted molar refractivity (Wildman–Crippen MR) is 134 cm³/mol. The minimum absolute atomic E-state index is 0.195. The van der Waals surface area contributed by atoms with Gasteiger partial charge >= 0.3 is 5.97 Å². The molecular weight excluding hydrogens is 424 g/mol. The van der Waals surface area contributed by atoms with Gasteiger partial charge in [0.15, 0.2) is 5.11 Å². The SMILES string of the molecule is CCOC(=O)c1c(NC(=S)NC(C)CCc2ccccc2)sc(C)c1-c1ccccc1. The molecule has 0 aliphatic rings. The van der Waals surface area contributed by atoms with E-state index in [2.05, 4.69) is 41.8 Å². The lowest BCUT2D eigenvalue weighted by Crippen LogP contribution is -2.36. The van der Waals surface area contributed by atoms with Gasteiger partial charge in [-0.3, -0.25) is 0 Å². The molecule has 3 aromatic rings. The molecule has 2 N–H and O–H groups in total. The molecule has 0 saturated heterocycles. The fourth-order valence-corrected chi connectivity index (χ4v) is 4.88. The highest BCUT2D eigenvalue weighted by Crippen LogP contribution is 2.40. The van der Waals surface area contributed by atoms with Crippen LogP contribution in [0.25, 0.3) is 11.1 Å². The summed E-state index contributed by atoms with van der Waals surface area (Å²) >= 11 is 7.07. The molecule has 31 heavy (non-hydrogen) atoms. The van der Waals surface area contributed by atoms with Crippen molar-refractivity contribution < 1.29 is 9.53 Å². The van der Waals surface area contributed by atoms with Crippen LogP contribution in [-0.2, 0) is 11.2 Å². The van der Waals surface area contributed by atoms with Crippen LogP contribution in [0, 0.1) is 6.92 Å². The number of nitrogens with one attached hydrogen (secondary N) is 2. The first-order valence-electron chi connectivity index (χ1n) is 10.5. The molecule has 0 spiro atoms. The van der Waals surface area contributed by atoms with Gasteiger partial charge < -0.3 is 15.4 Å². The summed E-state index contributed by atoms with van der Waals surface area (Å²) in [5.74, 6) is -0.340. The summed E-state index contributed by atoms with van der Waals surface area (Å²) in [6, 6.07) is 20.5. The highest BCUT2D eigenvalue weighted by molar-refractivity contribution is 7.80. The van der Waals surface area contributed by atoms with E-state index in [4.69, 9.17) is 17.0 Å². The smallest absolute Gasteiger partial charge is 0.341 e. The Bertz CT molecular complexity index is 1020. The minimum Gasteiger partial charge on any atom is -0.462 e. The number of thiophene rings is 1. The van der Waals surface area contributed by atoms with Crippen LogP contribution in [0.4, 0.5) is 5.00 Å². The van der Waals surface area contributed by atoms with E-state index in [1.807, 2.05) is 50.2 Å². The molecule has 0 aliphatic carbocycles. The molecule has 4 nitrogen and oxygen atoms in total. The Morgan fingerprint density at radius 2 is 1.74 bits per heavy atom. The van der Waals surface area contributed by atoms with Crippen LogP contribution in [0.3, 0.4) is 0 Å². The van der Waals surface area contributed by atoms with Crippen LogP contribution in [0.2, 0.25) is 0 Å². The van der Waals surface area contributed by atoms with Gasteiger partial charge in [0, 0.05) is 16.5 Å². The van der Waals surface area contributed by atoms with Gasteiger partial charge in [0.2, 0.25) is 0 Å². The third-order valence-electron chi connectivity index (χ3n) is 4.94. The molecule has 0 aliphatic heterocycles. The van der Waals surface area contributed by atoms with Crippen LogP contribution < -0.4 is 10.6 Å². The Balaban J connectivity index is 1.74. The Kier molecular flexibility index (Phi) is 8.20. The molecule has 1 aromatic heterocycles. The predicted octanol–water partition coefficient (Wildman–Crippen LogP) is 6.21. The first-order valence-corrected chi connectivity index (χ1v) is 11.7. The van der Waals surface area contributed by atoms with Crippen molar-refractivity contribution >= 4 is 39.6 Å². The van der Waals surface area contributed by atoms with Crippen LogP contribution in [0.15, 0.2) is 60.7 Å². The zero-order chi connectivity index (χ0) is 22.2. The number of hydrogen-bond acceptors (Lipinski definition) is 4. The molecule has 6 heteroatoms. The zero-order valence-electron chi connectivity index (χ0n) is 18.1. The number of carbonyl (C=O) groups is 1. The summed E-state index contributed by atoms with van der Waals surface area (Å²) < 4.78 is 5.36. The van der Waals surface area contributed by atoms with Crippen molar-refractivity contribution in [3.63, 3.8) is 0 Å². The third-order valence-corrected chi connectivity index (χ3v) is 6.18. The molecule has 0 saturated carbocycles. The van der Waals surface area contributed by atoms with E-state index in [-0.39, 0.29) is 12.0 Å². The van der Waals surface area contributed by atoms with Gasteiger partial charge in [0.25, 0.3) is 0 Å². The molecule has 162 valence electrons. The van der Waals surface area contributed by atoms with Crippen molar-refractivity contribution in [3.8, 4) is 11.1 Å². The number of anilines is 1. The Morgan fingerprint density at radius 1 is 1.10 bits per heavy atom. The molecule has 0 bridgehead atoms. The number of rotatable bonds is 8. The Hall–Kier alpha value is -2.70. The summed E-state index contributed by atoms with van der Waals surface area (Å²) in [6.07, 6.45) is 1.93. The lowest BCUT2D eigenvalue weighted by Gasteiger charge is -2.17. The number of aryl methyl sites for hydroxylation is 2. The van der Waals surface area contributed by atoms with Crippen LogP contribution in [0.5, 0.6) is 0 Å². The first kappa shape index (κ1) is 23.0. The fourth-order valence-electron chi connectivity index (χ4n) is 3.45. The van der Waals surface area contributed by atoms with Crippen molar-refractivity contribution in [2.75, 3.05) is 11.9 Å². The van der Waals surface area contributed by atoms with Gasteiger partial charge in [0.05, 0.1) is 6.61 Å². The van der Waals surface area contributed by atoms with E-state index in [0.29, 0.717) is 22.3 Å². The number of carbonyl (C=O) groups excluding carboxylic acids is 1. The average Bonchev–Trinajstić information content (AvgIpc) is 3.09. The lowest BCUT2D eigenvalue weighted by molar-refractivity contribution is 0.0529. The molecule has 1 atom stereocenters. The topological polar surface area (TPSA) is 50.4 Å². The Morgan fingerprint density at radius 3 is 2.39 bits per heavy atom. The number of benzene rings is 2. The van der Waals surface area contributed by atoms with Crippen molar-refractivity contribution in [2.45, 2.75) is 39.7 Å². The Labute approximate surface area is 193 Å². The normalized spacial score (nSPS) is 11.6. The van der Waals surface area contributed by atoms with E-state index < -0.39 is 0 Å². The average molecular weight is 453 g/mol. The van der Waals surface area contributed by atoms with E-state index in [1.54, 1.807) is 0 Å². The van der Waals surface area contributed by atoms with Gasteiger partial charge in [-0.15, -0.1) is 11.3 Å².